The van der Waals surface area contributed by atoms with Crippen molar-refractivity contribution in [2.24, 2.45) is 0 Å². The molecule has 0 saturated heterocycles. The molecule has 2 rings (SSSR count). The number of amides is 3. The van der Waals surface area contributed by atoms with Gasteiger partial charge in [0.2, 0.25) is 17.7 Å². The molecule has 6 N–H and O–H groups in total. The van der Waals surface area contributed by atoms with E-state index in [-0.39, 0.29) is 31.6 Å². The van der Waals surface area contributed by atoms with Crippen molar-refractivity contribution in [1.82, 2.24) is 16.0 Å². The number of hydrogen-bond acceptors (Lipinski definition) is 6. The molecule has 0 unspecified atom stereocenters. The second-order valence-electron chi connectivity index (χ2n) is 8.70. The summed E-state index contributed by atoms with van der Waals surface area (Å²) < 4.78 is 15.5. The number of rotatable bonds is 14. The number of carbonyl (C=O) groups is 4. The summed E-state index contributed by atoms with van der Waals surface area (Å²) >= 11 is 0. The van der Waals surface area contributed by atoms with Crippen LogP contribution in [0, 0.1) is 6.92 Å². The van der Waals surface area contributed by atoms with E-state index in [1.165, 1.54) is 31.2 Å². The van der Waals surface area contributed by atoms with Crippen molar-refractivity contribution in [3.05, 3.63) is 65.2 Å². The predicted octanol–water partition coefficient (Wildman–Crippen LogP) is 1.22. The summed E-state index contributed by atoms with van der Waals surface area (Å²) in [6.07, 6.45) is 0.0188. The lowest BCUT2D eigenvalue weighted by Gasteiger charge is -2.23. The van der Waals surface area contributed by atoms with Gasteiger partial charge in [-0.05, 0) is 43.0 Å². The lowest BCUT2D eigenvalue weighted by Crippen LogP contribution is -2.54. The molecule has 2 atom stereocenters. The first-order chi connectivity index (χ1) is 17.8. The molecule has 0 aromatic heterocycles. The quantitative estimate of drug-likeness (QED) is 0.188. The van der Waals surface area contributed by atoms with Crippen molar-refractivity contribution in [3.63, 3.8) is 0 Å². The number of carboxylic acid groups (broad SMARTS) is 1. The molecule has 0 radical (unpaired) electrons. The van der Waals surface area contributed by atoms with Gasteiger partial charge in [-0.2, -0.15) is 0 Å². The first-order valence-electron chi connectivity index (χ1n) is 11.8. The number of nitrogens with one attached hydrogen (secondary N) is 3. The van der Waals surface area contributed by atoms with Gasteiger partial charge in [-0.25, -0.2) is 4.57 Å². The van der Waals surface area contributed by atoms with E-state index in [1.807, 2.05) is 31.2 Å². The van der Waals surface area contributed by atoms with Gasteiger partial charge in [0.15, 0.2) is 0 Å². The molecule has 0 bridgehead atoms. The van der Waals surface area contributed by atoms with Gasteiger partial charge >= 0.3 is 13.8 Å². The highest BCUT2D eigenvalue weighted by Gasteiger charge is 2.27. The zero-order valence-electron chi connectivity index (χ0n) is 21.0. The van der Waals surface area contributed by atoms with E-state index in [0.29, 0.717) is 12.0 Å². The Balaban J connectivity index is 2.07. The number of benzene rings is 2. The molecule has 0 spiro atoms. The van der Waals surface area contributed by atoms with Gasteiger partial charge in [-0.3, -0.25) is 29.0 Å². The average molecular weight is 550 g/mol. The highest BCUT2D eigenvalue weighted by molar-refractivity contribution is 7.46. The molecule has 0 aliphatic rings. The van der Waals surface area contributed by atoms with Gasteiger partial charge in [-0.15, -0.1) is 0 Å². The SMILES string of the molecule is CC(=O)N[C@H](Cc1ccc(OP(=O)(O)O)cc1)C(=O)N[C@@H](CCC(=O)O)C(=O)NCCc1ccc(C)cc1. The molecular formula is C25H32N3O9P. The van der Waals surface area contributed by atoms with Gasteiger partial charge in [0.25, 0.3) is 0 Å². The lowest BCUT2D eigenvalue weighted by molar-refractivity contribution is -0.138. The minimum Gasteiger partial charge on any atom is -0.481 e. The number of phosphoric ester groups is 1. The van der Waals surface area contributed by atoms with E-state index in [4.69, 9.17) is 14.9 Å². The fourth-order valence-electron chi connectivity index (χ4n) is 3.53. The molecule has 0 aliphatic carbocycles. The number of carbonyl (C=O) groups excluding carboxylic acids is 3. The Morgan fingerprint density at radius 1 is 0.895 bits per heavy atom. The monoisotopic (exact) mass is 549 g/mol. The first kappa shape index (κ1) is 30.5. The number of aliphatic carboxylic acids is 1. The summed E-state index contributed by atoms with van der Waals surface area (Å²) in [6.45, 7) is 3.46. The molecule has 3 amide bonds. The number of hydrogen-bond donors (Lipinski definition) is 6. The van der Waals surface area contributed by atoms with E-state index in [9.17, 15) is 23.7 Å². The van der Waals surface area contributed by atoms with Crippen LogP contribution < -0.4 is 20.5 Å². The minimum absolute atomic E-state index is 0.0116. The van der Waals surface area contributed by atoms with Crippen molar-refractivity contribution in [2.75, 3.05) is 6.54 Å². The van der Waals surface area contributed by atoms with Gasteiger partial charge in [0.1, 0.15) is 17.8 Å². The molecule has 0 fully saturated rings. The summed E-state index contributed by atoms with van der Waals surface area (Å²) in [5.41, 5.74) is 2.64. The van der Waals surface area contributed by atoms with E-state index in [0.717, 1.165) is 11.1 Å². The van der Waals surface area contributed by atoms with Crippen molar-refractivity contribution >= 4 is 31.5 Å². The summed E-state index contributed by atoms with van der Waals surface area (Å²) in [4.78, 5) is 66.5. The molecule has 206 valence electrons. The predicted molar refractivity (Wildman–Crippen MR) is 137 cm³/mol. The van der Waals surface area contributed by atoms with Crippen molar-refractivity contribution in [3.8, 4) is 5.75 Å². The van der Waals surface area contributed by atoms with Crippen LogP contribution >= 0.6 is 7.82 Å². The van der Waals surface area contributed by atoms with Crippen LogP contribution in [0.5, 0.6) is 5.75 Å². The maximum atomic E-state index is 13.0. The van der Waals surface area contributed by atoms with Crippen LogP contribution in [-0.2, 0) is 36.6 Å². The van der Waals surface area contributed by atoms with E-state index in [2.05, 4.69) is 20.5 Å². The summed E-state index contributed by atoms with van der Waals surface area (Å²) in [5.74, 6) is -2.96. The summed E-state index contributed by atoms with van der Waals surface area (Å²) in [6, 6.07) is 11.1. The Hall–Kier alpha value is -3.73. The number of carboxylic acids is 1. The fraction of sp³-hybridized carbons (Fsp3) is 0.360. The molecule has 2 aromatic carbocycles. The third-order valence-electron chi connectivity index (χ3n) is 5.39. The lowest BCUT2D eigenvalue weighted by atomic mass is 10.0. The van der Waals surface area contributed by atoms with Crippen LogP contribution in [0.4, 0.5) is 0 Å². The molecule has 0 aliphatic heterocycles. The van der Waals surface area contributed by atoms with Crippen molar-refractivity contribution in [2.45, 2.75) is 51.6 Å². The molecule has 38 heavy (non-hydrogen) atoms. The average Bonchev–Trinajstić information content (AvgIpc) is 2.82. The third-order valence-corrected chi connectivity index (χ3v) is 5.84. The highest BCUT2D eigenvalue weighted by atomic mass is 31.2. The summed E-state index contributed by atoms with van der Waals surface area (Å²) in [7, 11) is -4.73. The van der Waals surface area contributed by atoms with Crippen LogP contribution in [0.1, 0.15) is 36.5 Å². The number of aryl methyl sites for hydroxylation is 1. The molecule has 2 aromatic rings. The van der Waals surface area contributed by atoms with Crippen LogP contribution in [0.2, 0.25) is 0 Å². The second-order valence-corrected chi connectivity index (χ2v) is 9.87. The largest absolute Gasteiger partial charge is 0.524 e. The van der Waals surface area contributed by atoms with Crippen molar-refractivity contribution < 1.29 is 43.2 Å². The second kappa shape index (κ2) is 14.3. The Bertz CT molecular complexity index is 1160. The Labute approximate surface area is 220 Å². The molecule has 13 heteroatoms. The van der Waals surface area contributed by atoms with Crippen LogP contribution in [0.25, 0.3) is 0 Å². The van der Waals surface area contributed by atoms with Crippen molar-refractivity contribution in [1.29, 1.82) is 0 Å². The Morgan fingerprint density at radius 3 is 2.05 bits per heavy atom. The smallest absolute Gasteiger partial charge is 0.481 e. The van der Waals surface area contributed by atoms with E-state index >= 15 is 0 Å². The normalized spacial score (nSPS) is 12.6. The molecule has 0 heterocycles. The Morgan fingerprint density at radius 2 is 1.50 bits per heavy atom. The minimum atomic E-state index is -4.73. The standard InChI is InChI=1S/C25H32N3O9P/c1-16-3-5-18(6-4-16)13-14-26-24(32)21(11-12-23(30)31)28-25(33)22(27-17(2)29)15-19-7-9-20(10-8-19)37-38(34,35)36/h3-10,21-22H,11-15H2,1-2H3,(H,26,32)(H,27,29)(H,28,33)(H,30,31)(H2,34,35,36)/t21-,22+/m0/s1. The first-order valence-corrected chi connectivity index (χ1v) is 13.3. The van der Waals surface area contributed by atoms with E-state index < -0.39 is 43.6 Å². The van der Waals surface area contributed by atoms with Gasteiger partial charge < -0.3 is 25.6 Å². The van der Waals surface area contributed by atoms with E-state index in [1.54, 1.807) is 0 Å². The molecule has 0 saturated carbocycles. The van der Waals surface area contributed by atoms with Crippen LogP contribution in [-0.4, -0.2) is 57.2 Å². The van der Waals surface area contributed by atoms with Crippen LogP contribution in [0.15, 0.2) is 48.5 Å². The van der Waals surface area contributed by atoms with Gasteiger partial charge in [0.05, 0.1) is 0 Å². The molecular weight excluding hydrogens is 517 g/mol. The van der Waals surface area contributed by atoms with Gasteiger partial charge in [-0.1, -0.05) is 42.0 Å². The van der Waals surface area contributed by atoms with Gasteiger partial charge in [0, 0.05) is 26.3 Å². The van der Waals surface area contributed by atoms with Crippen LogP contribution in [0.3, 0.4) is 0 Å². The summed E-state index contributed by atoms with van der Waals surface area (Å²) in [5, 5.41) is 16.8. The Kier molecular flexibility index (Phi) is 11.5. The zero-order chi connectivity index (χ0) is 28.3. The zero-order valence-corrected chi connectivity index (χ0v) is 21.9. The topological polar surface area (TPSA) is 191 Å². The highest BCUT2D eigenvalue weighted by Crippen LogP contribution is 2.37. The number of phosphoric acid groups is 1. The molecule has 12 nitrogen and oxygen atoms in total. The maximum Gasteiger partial charge on any atom is 0.524 e. The maximum absolute atomic E-state index is 13.0. The fourth-order valence-corrected chi connectivity index (χ4v) is 3.93. The third kappa shape index (κ3) is 11.5.